The van der Waals surface area contributed by atoms with Crippen LogP contribution in [0, 0.1) is 0 Å². The van der Waals surface area contributed by atoms with Crippen LogP contribution in [-0.4, -0.2) is 90.4 Å². The Balaban J connectivity index is 1.04. The van der Waals surface area contributed by atoms with Crippen LogP contribution in [0.2, 0.25) is 0 Å². The van der Waals surface area contributed by atoms with Gasteiger partial charge in [-0.3, -0.25) is 9.80 Å². The summed E-state index contributed by atoms with van der Waals surface area (Å²) in [5, 5.41) is 5.95. The van der Waals surface area contributed by atoms with Gasteiger partial charge in [-0.25, -0.2) is 14.8 Å². The molecule has 0 aliphatic carbocycles. The van der Waals surface area contributed by atoms with Gasteiger partial charge >= 0.3 is 6.03 Å². The number of carbonyl (C=O) groups excluding carboxylic acids is 1. The van der Waals surface area contributed by atoms with Crippen molar-refractivity contribution < 1.29 is 9.53 Å². The number of ether oxygens (including phenoxy) is 1. The summed E-state index contributed by atoms with van der Waals surface area (Å²) in [6, 6.07) is 10.3. The molecule has 2 fully saturated rings. The molecular weight excluding hydrogens is 454 g/mol. The van der Waals surface area contributed by atoms with Crippen molar-refractivity contribution >= 4 is 12.0 Å². The van der Waals surface area contributed by atoms with E-state index < -0.39 is 0 Å². The van der Waals surface area contributed by atoms with Crippen LogP contribution in [0.1, 0.15) is 37.8 Å². The Labute approximate surface area is 215 Å². The fourth-order valence-corrected chi connectivity index (χ4v) is 4.97. The third kappa shape index (κ3) is 8.43. The number of nitrogens with one attached hydrogen (secondary N) is 2. The van der Waals surface area contributed by atoms with Crippen molar-refractivity contribution in [2.24, 2.45) is 0 Å². The molecule has 2 amide bonds. The minimum atomic E-state index is -0.105. The molecule has 2 N–H and O–H groups in total. The van der Waals surface area contributed by atoms with Crippen molar-refractivity contribution in [2.75, 3.05) is 57.3 Å². The van der Waals surface area contributed by atoms with Crippen molar-refractivity contribution in [2.45, 2.75) is 52.0 Å². The highest BCUT2D eigenvalue weighted by Crippen LogP contribution is 2.15. The molecule has 0 saturated carbocycles. The number of benzene rings is 1. The molecular formula is C27H41N7O2. The lowest BCUT2D eigenvalue weighted by Gasteiger charge is -2.35. The standard InChI is InChI=1S/C27H41N7O2/c1-22-19-33(20-23(2)36-22)21-25-8-6-24(7-9-25)18-31-27(35)30-10-3-4-13-32-14-16-34(17-15-32)26-28-11-5-12-29-26/h5-9,11-12,22-23H,3-4,10,13-21H2,1-2H3,(H2,30,31,35). The first-order chi connectivity index (χ1) is 17.5. The molecule has 4 rings (SSSR count). The van der Waals surface area contributed by atoms with E-state index in [1.807, 2.05) is 6.07 Å². The summed E-state index contributed by atoms with van der Waals surface area (Å²) in [5.41, 5.74) is 2.40. The van der Waals surface area contributed by atoms with E-state index in [2.05, 4.69) is 73.4 Å². The zero-order valence-corrected chi connectivity index (χ0v) is 21.7. The number of amides is 2. The maximum atomic E-state index is 12.2. The predicted octanol–water partition coefficient (Wildman–Crippen LogP) is 2.49. The molecule has 3 heterocycles. The average molecular weight is 496 g/mol. The number of anilines is 1. The van der Waals surface area contributed by atoms with E-state index in [0.717, 1.165) is 76.7 Å². The fraction of sp³-hybridized carbons (Fsp3) is 0.593. The smallest absolute Gasteiger partial charge is 0.315 e. The highest BCUT2D eigenvalue weighted by atomic mass is 16.5. The van der Waals surface area contributed by atoms with E-state index in [9.17, 15) is 4.79 Å². The zero-order chi connectivity index (χ0) is 25.2. The Bertz CT molecular complexity index is 909. The molecule has 9 heteroatoms. The van der Waals surface area contributed by atoms with Crippen LogP contribution in [0.15, 0.2) is 42.7 Å². The van der Waals surface area contributed by atoms with Gasteiger partial charge in [0.2, 0.25) is 5.95 Å². The second-order valence-corrected chi connectivity index (χ2v) is 9.96. The third-order valence-corrected chi connectivity index (χ3v) is 6.77. The molecule has 2 saturated heterocycles. The summed E-state index contributed by atoms with van der Waals surface area (Å²) in [6.07, 6.45) is 6.20. The van der Waals surface area contributed by atoms with E-state index in [1.54, 1.807) is 12.4 Å². The number of morpholine rings is 1. The van der Waals surface area contributed by atoms with E-state index in [0.29, 0.717) is 13.1 Å². The van der Waals surface area contributed by atoms with Gasteiger partial charge in [0.25, 0.3) is 0 Å². The summed E-state index contributed by atoms with van der Waals surface area (Å²) in [6.45, 7) is 13.4. The highest BCUT2D eigenvalue weighted by molar-refractivity contribution is 5.73. The summed E-state index contributed by atoms with van der Waals surface area (Å²) in [5.74, 6) is 0.820. The van der Waals surface area contributed by atoms with Gasteiger partial charge in [-0.15, -0.1) is 0 Å². The molecule has 1 aromatic heterocycles. The fourth-order valence-electron chi connectivity index (χ4n) is 4.97. The Morgan fingerprint density at radius 3 is 2.28 bits per heavy atom. The molecule has 196 valence electrons. The van der Waals surface area contributed by atoms with E-state index >= 15 is 0 Å². The van der Waals surface area contributed by atoms with Crippen molar-refractivity contribution in [3.8, 4) is 0 Å². The van der Waals surface area contributed by atoms with Crippen molar-refractivity contribution in [3.63, 3.8) is 0 Å². The molecule has 36 heavy (non-hydrogen) atoms. The summed E-state index contributed by atoms with van der Waals surface area (Å²) < 4.78 is 5.82. The number of nitrogens with zero attached hydrogens (tertiary/aromatic N) is 5. The first-order valence-electron chi connectivity index (χ1n) is 13.3. The number of piperazine rings is 1. The summed E-state index contributed by atoms with van der Waals surface area (Å²) in [7, 11) is 0. The molecule has 2 unspecified atom stereocenters. The Morgan fingerprint density at radius 1 is 0.917 bits per heavy atom. The van der Waals surface area contributed by atoms with Gasteiger partial charge in [-0.2, -0.15) is 0 Å². The number of carbonyl (C=O) groups is 1. The molecule has 0 bridgehead atoms. The third-order valence-electron chi connectivity index (χ3n) is 6.77. The Morgan fingerprint density at radius 2 is 1.58 bits per heavy atom. The van der Waals surface area contributed by atoms with Crippen molar-refractivity contribution in [1.29, 1.82) is 0 Å². The number of unbranched alkanes of at least 4 members (excludes halogenated alkanes) is 1. The second kappa shape index (κ2) is 13.5. The first-order valence-corrected chi connectivity index (χ1v) is 13.3. The van der Waals surface area contributed by atoms with Crippen LogP contribution in [0.5, 0.6) is 0 Å². The maximum absolute atomic E-state index is 12.2. The molecule has 0 radical (unpaired) electrons. The lowest BCUT2D eigenvalue weighted by molar-refractivity contribution is -0.0704. The van der Waals surface area contributed by atoms with Crippen LogP contribution >= 0.6 is 0 Å². The van der Waals surface area contributed by atoms with Gasteiger partial charge in [0, 0.05) is 71.3 Å². The van der Waals surface area contributed by atoms with Crippen molar-refractivity contribution in [1.82, 2.24) is 30.4 Å². The predicted molar refractivity (Wildman–Crippen MR) is 142 cm³/mol. The van der Waals surface area contributed by atoms with Crippen LogP contribution in [0.3, 0.4) is 0 Å². The molecule has 2 aliphatic rings. The number of urea groups is 1. The lowest BCUT2D eigenvalue weighted by atomic mass is 10.1. The molecule has 2 atom stereocenters. The minimum absolute atomic E-state index is 0.105. The second-order valence-electron chi connectivity index (χ2n) is 9.96. The van der Waals surface area contributed by atoms with Gasteiger partial charge in [0.05, 0.1) is 12.2 Å². The topological polar surface area (TPSA) is 85.9 Å². The number of aromatic nitrogens is 2. The van der Waals surface area contributed by atoms with E-state index in [-0.39, 0.29) is 18.2 Å². The van der Waals surface area contributed by atoms with Gasteiger partial charge in [0.15, 0.2) is 0 Å². The van der Waals surface area contributed by atoms with Gasteiger partial charge in [0.1, 0.15) is 0 Å². The van der Waals surface area contributed by atoms with Gasteiger partial charge in [-0.1, -0.05) is 24.3 Å². The van der Waals surface area contributed by atoms with Crippen molar-refractivity contribution in [3.05, 3.63) is 53.9 Å². The van der Waals surface area contributed by atoms with Crippen LogP contribution < -0.4 is 15.5 Å². The molecule has 0 spiro atoms. The van der Waals surface area contributed by atoms with Crippen LogP contribution in [0.4, 0.5) is 10.7 Å². The monoisotopic (exact) mass is 495 g/mol. The molecule has 2 aliphatic heterocycles. The molecule has 1 aromatic carbocycles. The minimum Gasteiger partial charge on any atom is -0.373 e. The van der Waals surface area contributed by atoms with E-state index in [4.69, 9.17) is 4.74 Å². The summed E-state index contributed by atoms with van der Waals surface area (Å²) in [4.78, 5) is 28.0. The normalized spacial score (nSPS) is 21.3. The summed E-state index contributed by atoms with van der Waals surface area (Å²) >= 11 is 0. The van der Waals surface area contributed by atoms with Crippen LogP contribution in [0.25, 0.3) is 0 Å². The Kier molecular flexibility index (Phi) is 9.89. The van der Waals surface area contributed by atoms with E-state index in [1.165, 1.54) is 5.56 Å². The largest absolute Gasteiger partial charge is 0.373 e. The van der Waals surface area contributed by atoms with Gasteiger partial charge < -0.3 is 20.3 Å². The molecule has 2 aromatic rings. The quantitative estimate of drug-likeness (QED) is 0.490. The van der Waals surface area contributed by atoms with Crippen LogP contribution in [-0.2, 0) is 17.8 Å². The number of rotatable bonds is 10. The first kappa shape index (κ1) is 26.3. The molecule has 9 nitrogen and oxygen atoms in total. The number of hydrogen-bond acceptors (Lipinski definition) is 7. The average Bonchev–Trinajstić information content (AvgIpc) is 2.88. The maximum Gasteiger partial charge on any atom is 0.315 e. The lowest BCUT2D eigenvalue weighted by Crippen LogP contribution is -2.47. The Hall–Kier alpha value is -2.75. The SMILES string of the molecule is CC1CN(Cc2ccc(CNC(=O)NCCCCN3CCN(c4ncccn4)CC3)cc2)CC(C)O1. The highest BCUT2D eigenvalue weighted by Gasteiger charge is 2.22. The zero-order valence-electron chi connectivity index (χ0n) is 21.7. The van der Waals surface area contributed by atoms with Gasteiger partial charge in [-0.05, 0) is 50.4 Å². The number of hydrogen-bond donors (Lipinski definition) is 2.